The smallest absolute Gasteiger partial charge is 0.164 e. The van der Waals surface area contributed by atoms with Crippen molar-refractivity contribution < 1.29 is 18.9 Å². The Morgan fingerprint density at radius 3 is 2.30 bits per heavy atom. The molecule has 2 aromatic carbocycles. The molecule has 142 valence electrons. The zero-order valence-corrected chi connectivity index (χ0v) is 16.0. The van der Waals surface area contributed by atoms with E-state index in [-0.39, 0.29) is 6.04 Å². The summed E-state index contributed by atoms with van der Waals surface area (Å²) in [4.78, 5) is 3.59. The van der Waals surface area contributed by atoms with Crippen molar-refractivity contribution in [2.24, 2.45) is 0 Å². The summed E-state index contributed by atoms with van der Waals surface area (Å²) in [7, 11) is 6.63. The van der Waals surface area contributed by atoms with E-state index in [4.69, 9.17) is 18.9 Å². The minimum Gasteiger partial charge on any atom is -0.497 e. The van der Waals surface area contributed by atoms with Gasteiger partial charge in [-0.1, -0.05) is 0 Å². The summed E-state index contributed by atoms with van der Waals surface area (Å²) < 4.78 is 22.0. The molecule has 0 saturated carbocycles. The molecule has 2 N–H and O–H groups in total. The van der Waals surface area contributed by atoms with Crippen molar-refractivity contribution in [2.45, 2.75) is 12.5 Å². The van der Waals surface area contributed by atoms with E-state index in [2.05, 4.69) is 22.4 Å². The molecule has 0 bridgehead atoms. The highest BCUT2D eigenvalue weighted by Crippen LogP contribution is 2.42. The highest BCUT2D eigenvalue weighted by molar-refractivity contribution is 5.87. The van der Waals surface area contributed by atoms with E-state index in [9.17, 15) is 0 Å². The average molecular weight is 368 g/mol. The van der Waals surface area contributed by atoms with E-state index >= 15 is 0 Å². The first kappa shape index (κ1) is 17.5. The molecule has 0 fully saturated rings. The number of fused-ring (bicyclic) bond motifs is 3. The van der Waals surface area contributed by atoms with E-state index in [0.717, 1.165) is 41.2 Å². The van der Waals surface area contributed by atoms with Gasteiger partial charge >= 0.3 is 0 Å². The Hall–Kier alpha value is -2.86. The molecule has 27 heavy (non-hydrogen) atoms. The molecule has 6 nitrogen and oxygen atoms in total. The molecule has 1 aromatic heterocycles. The third-order valence-electron chi connectivity index (χ3n) is 5.21. The fraction of sp³-hybridized carbons (Fsp3) is 0.333. The molecule has 4 rings (SSSR count). The maximum absolute atomic E-state index is 5.66. The number of methoxy groups -OCH3 is 4. The van der Waals surface area contributed by atoms with Crippen molar-refractivity contribution in [1.29, 1.82) is 0 Å². The monoisotopic (exact) mass is 368 g/mol. The lowest BCUT2D eigenvalue weighted by atomic mass is 9.93. The van der Waals surface area contributed by atoms with Crippen LogP contribution in [0, 0.1) is 0 Å². The van der Waals surface area contributed by atoms with Crippen molar-refractivity contribution in [3.8, 4) is 23.0 Å². The lowest BCUT2D eigenvalue weighted by Gasteiger charge is -2.27. The first-order chi connectivity index (χ1) is 13.2. The lowest BCUT2D eigenvalue weighted by Crippen LogP contribution is -2.30. The van der Waals surface area contributed by atoms with Crippen LogP contribution in [0.25, 0.3) is 10.9 Å². The molecule has 2 heterocycles. The molecule has 0 saturated heterocycles. The van der Waals surface area contributed by atoms with Crippen LogP contribution in [0.2, 0.25) is 0 Å². The Morgan fingerprint density at radius 1 is 0.852 bits per heavy atom. The minimum absolute atomic E-state index is 0.0260. The number of benzene rings is 2. The van der Waals surface area contributed by atoms with Gasteiger partial charge in [-0.25, -0.2) is 0 Å². The maximum Gasteiger partial charge on any atom is 0.164 e. The second-order valence-electron chi connectivity index (χ2n) is 6.52. The number of nitrogens with one attached hydrogen (secondary N) is 2. The van der Waals surface area contributed by atoms with Crippen molar-refractivity contribution in [2.75, 3.05) is 35.0 Å². The molecular formula is C21H24N2O4. The van der Waals surface area contributed by atoms with Crippen LogP contribution in [0.3, 0.4) is 0 Å². The van der Waals surface area contributed by atoms with Crippen LogP contribution in [0.5, 0.6) is 23.0 Å². The summed E-state index contributed by atoms with van der Waals surface area (Å²) in [5, 5.41) is 4.81. The molecule has 0 aliphatic carbocycles. The third kappa shape index (κ3) is 2.86. The molecule has 1 unspecified atom stereocenters. The standard InChI is InChI=1S/C21H24N2O4/c1-24-12-5-6-16-14(9-12)13-7-8-22-20(21(13)23-16)15-10-18(26-3)19(27-4)11-17(15)25-2/h5-6,9-11,20,22-23H,7-8H2,1-4H3. The molecule has 0 radical (unpaired) electrons. The zero-order valence-electron chi connectivity index (χ0n) is 16.0. The highest BCUT2D eigenvalue weighted by Gasteiger charge is 2.29. The number of hydrogen-bond acceptors (Lipinski definition) is 5. The molecule has 1 aliphatic rings. The Morgan fingerprint density at radius 2 is 1.59 bits per heavy atom. The van der Waals surface area contributed by atoms with Crippen LogP contribution in [0.1, 0.15) is 22.9 Å². The SMILES string of the molecule is COc1ccc2[nH]c3c(c2c1)CCNC3c1cc(OC)c(OC)cc1OC. The van der Waals surface area contributed by atoms with Gasteiger partial charge in [0.15, 0.2) is 11.5 Å². The summed E-state index contributed by atoms with van der Waals surface area (Å²) in [6.45, 7) is 0.874. The van der Waals surface area contributed by atoms with Gasteiger partial charge in [-0.3, -0.25) is 0 Å². The molecule has 1 atom stereocenters. The number of H-pyrrole nitrogens is 1. The first-order valence-electron chi connectivity index (χ1n) is 8.92. The van der Waals surface area contributed by atoms with Gasteiger partial charge < -0.3 is 29.2 Å². The lowest BCUT2D eigenvalue weighted by molar-refractivity contribution is 0.345. The van der Waals surface area contributed by atoms with Crippen molar-refractivity contribution in [1.82, 2.24) is 10.3 Å². The number of aromatic nitrogens is 1. The van der Waals surface area contributed by atoms with Gasteiger partial charge in [0.05, 0.1) is 34.5 Å². The van der Waals surface area contributed by atoms with Crippen molar-refractivity contribution in [3.63, 3.8) is 0 Å². The zero-order chi connectivity index (χ0) is 19.0. The van der Waals surface area contributed by atoms with Gasteiger partial charge in [-0.15, -0.1) is 0 Å². The van der Waals surface area contributed by atoms with E-state index < -0.39 is 0 Å². The van der Waals surface area contributed by atoms with Crippen LogP contribution in [-0.2, 0) is 6.42 Å². The Bertz CT molecular complexity index is 980. The number of rotatable bonds is 5. The fourth-order valence-corrected chi connectivity index (χ4v) is 3.88. The van der Waals surface area contributed by atoms with E-state index in [0.29, 0.717) is 11.5 Å². The molecule has 6 heteroatoms. The number of ether oxygens (including phenoxy) is 4. The van der Waals surface area contributed by atoms with E-state index in [1.165, 1.54) is 10.9 Å². The van der Waals surface area contributed by atoms with Crippen LogP contribution >= 0.6 is 0 Å². The fourth-order valence-electron chi connectivity index (χ4n) is 3.88. The van der Waals surface area contributed by atoms with Crippen LogP contribution in [-0.4, -0.2) is 40.0 Å². The van der Waals surface area contributed by atoms with Gasteiger partial charge in [0.1, 0.15) is 11.5 Å². The second kappa shape index (κ2) is 7.04. The highest BCUT2D eigenvalue weighted by atomic mass is 16.5. The van der Waals surface area contributed by atoms with Gasteiger partial charge in [0.25, 0.3) is 0 Å². The maximum atomic E-state index is 5.66. The van der Waals surface area contributed by atoms with Crippen molar-refractivity contribution in [3.05, 3.63) is 47.2 Å². The summed E-state index contributed by atoms with van der Waals surface area (Å²) in [5.41, 5.74) is 4.57. The Labute approximate surface area is 158 Å². The summed E-state index contributed by atoms with van der Waals surface area (Å²) in [5.74, 6) is 2.95. The largest absolute Gasteiger partial charge is 0.497 e. The van der Waals surface area contributed by atoms with Crippen molar-refractivity contribution >= 4 is 10.9 Å². The third-order valence-corrected chi connectivity index (χ3v) is 5.21. The van der Waals surface area contributed by atoms with Gasteiger partial charge in [-0.05, 0) is 36.2 Å². The predicted molar refractivity (Wildman–Crippen MR) is 104 cm³/mol. The minimum atomic E-state index is -0.0260. The van der Waals surface area contributed by atoms with Gasteiger partial charge in [-0.2, -0.15) is 0 Å². The van der Waals surface area contributed by atoms with Crippen LogP contribution in [0.15, 0.2) is 30.3 Å². The molecule has 3 aromatic rings. The van der Waals surface area contributed by atoms with Crippen LogP contribution in [0.4, 0.5) is 0 Å². The summed E-state index contributed by atoms with van der Waals surface area (Å²) in [6, 6.07) is 9.96. The molecular weight excluding hydrogens is 344 g/mol. The second-order valence-corrected chi connectivity index (χ2v) is 6.52. The summed E-state index contributed by atoms with van der Waals surface area (Å²) >= 11 is 0. The Balaban J connectivity index is 1.88. The van der Waals surface area contributed by atoms with E-state index in [1.807, 2.05) is 18.2 Å². The topological polar surface area (TPSA) is 64.7 Å². The van der Waals surface area contributed by atoms with E-state index in [1.54, 1.807) is 28.4 Å². The average Bonchev–Trinajstić information content (AvgIpc) is 3.10. The first-order valence-corrected chi connectivity index (χ1v) is 8.92. The number of hydrogen-bond donors (Lipinski definition) is 2. The van der Waals surface area contributed by atoms with Gasteiger partial charge in [0.2, 0.25) is 0 Å². The quantitative estimate of drug-likeness (QED) is 0.722. The van der Waals surface area contributed by atoms with Gasteiger partial charge in [0, 0.05) is 34.8 Å². The predicted octanol–water partition coefficient (Wildman–Crippen LogP) is 3.44. The number of aromatic amines is 1. The Kier molecular flexibility index (Phi) is 4.58. The summed E-state index contributed by atoms with van der Waals surface area (Å²) in [6.07, 6.45) is 0.953. The van der Waals surface area contributed by atoms with Crippen LogP contribution < -0.4 is 24.3 Å². The molecule has 1 aliphatic heterocycles. The molecule has 0 amide bonds. The normalized spacial score (nSPS) is 16.1. The molecule has 0 spiro atoms.